The van der Waals surface area contributed by atoms with Crippen molar-refractivity contribution < 1.29 is 19.1 Å². The van der Waals surface area contributed by atoms with Crippen LogP contribution in [-0.4, -0.2) is 34.4 Å². The molecular weight excluding hydrogens is 437 g/mol. The van der Waals surface area contributed by atoms with Crippen LogP contribution in [0, 0.1) is 11.7 Å². The lowest BCUT2D eigenvalue weighted by Crippen LogP contribution is -2.38. The van der Waals surface area contributed by atoms with Crippen LogP contribution in [0.5, 0.6) is 0 Å². The predicted molar refractivity (Wildman–Crippen MR) is 129 cm³/mol. The Morgan fingerprint density at radius 1 is 1.09 bits per heavy atom. The molecule has 0 amide bonds. The molecule has 0 aliphatic heterocycles. The van der Waals surface area contributed by atoms with Gasteiger partial charge in [0.1, 0.15) is 17.7 Å². The van der Waals surface area contributed by atoms with Gasteiger partial charge in [-0.2, -0.15) is 0 Å². The Hall–Kier alpha value is -3.78. The first-order valence-electron chi connectivity index (χ1n) is 11.0. The van der Waals surface area contributed by atoms with Gasteiger partial charge in [0, 0.05) is 11.1 Å². The smallest absolute Gasteiger partial charge is 0.320 e. The number of aromatic amines is 1. The van der Waals surface area contributed by atoms with E-state index in [9.17, 15) is 23.9 Å². The normalized spacial score (nSPS) is 12.0. The van der Waals surface area contributed by atoms with E-state index in [1.807, 2.05) is 26.0 Å². The fourth-order valence-electron chi connectivity index (χ4n) is 3.69. The highest BCUT2D eigenvalue weighted by molar-refractivity contribution is 6.12. The lowest BCUT2D eigenvalue weighted by molar-refractivity contribution is -0.139. The van der Waals surface area contributed by atoms with E-state index in [2.05, 4.69) is 10.3 Å². The van der Waals surface area contributed by atoms with E-state index in [0.29, 0.717) is 24.9 Å². The summed E-state index contributed by atoms with van der Waals surface area (Å²) in [6.45, 7) is 4.46. The minimum atomic E-state index is -0.863. The minimum absolute atomic E-state index is 0.0554. The molecule has 3 rings (SSSR count). The number of carbonyl (C=O) groups is 2. The molecule has 7 nitrogen and oxygen atoms in total. The van der Waals surface area contributed by atoms with E-state index < -0.39 is 29.2 Å². The second kappa shape index (κ2) is 10.9. The fourth-order valence-corrected chi connectivity index (χ4v) is 3.69. The summed E-state index contributed by atoms with van der Waals surface area (Å²) in [4.78, 5) is 39.2. The summed E-state index contributed by atoms with van der Waals surface area (Å²) in [5.74, 6) is -1.53. The quantitative estimate of drug-likeness (QED) is 0.339. The number of halogens is 1. The number of ketones is 1. The molecule has 5 N–H and O–H groups in total. The first-order valence-corrected chi connectivity index (χ1v) is 11.0. The summed E-state index contributed by atoms with van der Waals surface area (Å²) in [5, 5.41) is 12.4. The second-order valence-electron chi connectivity index (χ2n) is 8.60. The zero-order valence-electron chi connectivity index (χ0n) is 19.1. The number of aromatic nitrogens is 1. The number of hydrogen-bond donors (Lipinski definition) is 4. The van der Waals surface area contributed by atoms with Crippen molar-refractivity contribution in [2.75, 3.05) is 12.3 Å². The minimum Gasteiger partial charge on any atom is -0.480 e. The number of anilines is 1. The van der Waals surface area contributed by atoms with Crippen molar-refractivity contribution in [3.8, 4) is 11.1 Å². The van der Waals surface area contributed by atoms with Crippen molar-refractivity contribution in [3.63, 3.8) is 0 Å². The van der Waals surface area contributed by atoms with Crippen molar-refractivity contribution >= 4 is 17.6 Å². The monoisotopic (exact) mass is 465 g/mol. The van der Waals surface area contributed by atoms with E-state index in [-0.39, 0.29) is 28.4 Å². The Labute approximate surface area is 196 Å². The number of pyridine rings is 1. The molecule has 0 spiro atoms. The molecule has 0 aliphatic rings. The average Bonchev–Trinajstić information content (AvgIpc) is 2.79. The van der Waals surface area contributed by atoms with Crippen LogP contribution in [0.25, 0.3) is 11.1 Å². The average molecular weight is 466 g/mol. The molecule has 1 heterocycles. The van der Waals surface area contributed by atoms with E-state index in [4.69, 9.17) is 5.73 Å². The second-order valence-corrected chi connectivity index (χ2v) is 8.60. The number of rotatable bonds is 10. The van der Waals surface area contributed by atoms with E-state index in [1.165, 1.54) is 30.3 Å². The number of benzene rings is 2. The van der Waals surface area contributed by atoms with Crippen LogP contribution in [0.4, 0.5) is 10.2 Å². The Bertz CT molecular complexity index is 1220. The molecule has 0 saturated heterocycles. The zero-order valence-corrected chi connectivity index (χ0v) is 19.1. The molecule has 0 fully saturated rings. The Morgan fingerprint density at radius 2 is 1.74 bits per heavy atom. The number of carboxylic acids is 1. The molecule has 1 atom stereocenters. The highest BCUT2D eigenvalue weighted by Gasteiger charge is 2.18. The van der Waals surface area contributed by atoms with Gasteiger partial charge in [0.2, 0.25) is 0 Å². The Balaban J connectivity index is 1.75. The predicted octanol–water partition coefficient (Wildman–Crippen LogP) is 3.63. The molecule has 0 aliphatic carbocycles. The molecule has 3 aromatic rings. The van der Waals surface area contributed by atoms with Gasteiger partial charge in [-0.25, -0.2) is 4.39 Å². The Morgan fingerprint density at radius 3 is 2.32 bits per heavy atom. The van der Waals surface area contributed by atoms with Crippen LogP contribution in [0.1, 0.15) is 41.8 Å². The number of nitrogen functional groups attached to an aromatic ring is 1. The number of nitrogens with one attached hydrogen (secondary N) is 2. The lowest BCUT2D eigenvalue weighted by Gasteiger charge is -2.16. The van der Waals surface area contributed by atoms with E-state index in [1.54, 1.807) is 12.1 Å². The van der Waals surface area contributed by atoms with Gasteiger partial charge < -0.3 is 21.1 Å². The first kappa shape index (κ1) is 24.9. The highest BCUT2D eigenvalue weighted by Crippen LogP contribution is 2.22. The standard InChI is InChI=1S/C26H28FN3O4/c1-15(2)13-22(26(33)34)29-12-11-16-3-5-17(6-4-16)20-14-21(24(28)30-25(20)32)23(31)18-7-9-19(27)10-8-18/h3-10,14-15,22,29H,11-13H2,1-2H3,(H,33,34)(H3,28,30,32)/t22-/m0/s1. The van der Waals surface area contributed by atoms with Crippen LogP contribution >= 0.6 is 0 Å². The number of carboxylic acid groups (broad SMARTS) is 1. The summed E-state index contributed by atoms with van der Waals surface area (Å²) < 4.78 is 13.2. The molecule has 1 aromatic heterocycles. The summed E-state index contributed by atoms with van der Waals surface area (Å²) in [6, 6.07) is 13.2. The third-order valence-corrected chi connectivity index (χ3v) is 5.50. The molecule has 34 heavy (non-hydrogen) atoms. The maximum Gasteiger partial charge on any atom is 0.320 e. The van der Waals surface area contributed by atoms with E-state index in [0.717, 1.165) is 5.56 Å². The molecule has 0 saturated carbocycles. The van der Waals surface area contributed by atoms with Crippen LogP contribution < -0.4 is 16.6 Å². The number of H-pyrrole nitrogens is 1. The maximum atomic E-state index is 13.2. The van der Waals surface area contributed by atoms with Crippen LogP contribution in [0.2, 0.25) is 0 Å². The van der Waals surface area contributed by atoms with Crippen LogP contribution in [0.15, 0.2) is 59.4 Å². The van der Waals surface area contributed by atoms with Gasteiger partial charge in [-0.15, -0.1) is 0 Å². The summed E-state index contributed by atoms with van der Waals surface area (Å²) in [7, 11) is 0. The number of hydrogen-bond acceptors (Lipinski definition) is 5. The van der Waals surface area contributed by atoms with Crippen molar-refractivity contribution in [1.82, 2.24) is 10.3 Å². The summed E-state index contributed by atoms with van der Waals surface area (Å²) in [6.07, 6.45) is 1.17. The topological polar surface area (TPSA) is 125 Å². The van der Waals surface area contributed by atoms with Gasteiger partial charge in [-0.05, 0) is 66.8 Å². The van der Waals surface area contributed by atoms with Gasteiger partial charge in [0.15, 0.2) is 5.78 Å². The number of nitrogens with two attached hydrogens (primary N) is 1. The number of aliphatic carboxylic acids is 1. The largest absolute Gasteiger partial charge is 0.480 e. The third-order valence-electron chi connectivity index (χ3n) is 5.50. The molecule has 178 valence electrons. The van der Waals surface area contributed by atoms with Crippen molar-refractivity contribution in [1.29, 1.82) is 0 Å². The van der Waals surface area contributed by atoms with Crippen LogP contribution in [0.3, 0.4) is 0 Å². The highest BCUT2D eigenvalue weighted by atomic mass is 19.1. The lowest BCUT2D eigenvalue weighted by atomic mass is 9.98. The molecule has 0 radical (unpaired) electrons. The van der Waals surface area contributed by atoms with Gasteiger partial charge in [0.25, 0.3) is 5.56 Å². The first-order chi connectivity index (χ1) is 16.2. The fraction of sp³-hybridized carbons (Fsp3) is 0.269. The summed E-state index contributed by atoms with van der Waals surface area (Å²) in [5.41, 5.74) is 7.70. The Kier molecular flexibility index (Phi) is 7.96. The van der Waals surface area contributed by atoms with Crippen molar-refractivity contribution in [2.45, 2.75) is 32.7 Å². The zero-order chi connectivity index (χ0) is 24.8. The van der Waals surface area contributed by atoms with Gasteiger partial charge in [0.05, 0.1) is 5.56 Å². The van der Waals surface area contributed by atoms with Gasteiger partial charge in [-0.1, -0.05) is 38.1 Å². The maximum absolute atomic E-state index is 13.2. The third kappa shape index (κ3) is 6.17. The van der Waals surface area contributed by atoms with Gasteiger partial charge in [-0.3, -0.25) is 14.4 Å². The van der Waals surface area contributed by atoms with Gasteiger partial charge >= 0.3 is 5.97 Å². The molecule has 8 heteroatoms. The van der Waals surface area contributed by atoms with E-state index >= 15 is 0 Å². The SMILES string of the molecule is CC(C)C[C@H](NCCc1ccc(-c2cc(C(=O)c3ccc(F)cc3)c(N)[nH]c2=O)cc1)C(=O)O. The van der Waals surface area contributed by atoms with Crippen molar-refractivity contribution in [3.05, 3.63) is 87.5 Å². The molecular formula is C26H28FN3O4. The summed E-state index contributed by atoms with van der Waals surface area (Å²) >= 11 is 0. The molecule has 0 bridgehead atoms. The number of carbonyl (C=O) groups excluding carboxylic acids is 1. The molecule has 2 aromatic carbocycles. The molecule has 0 unspecified atom stereocenters. The van der Waals surface area contributed by atoms with Crippen LogP contribution in [-0.2, 0) is 11.2 Å². The van der Waals surface area contributed by atoms with Crippen molar-refractivity contribution in [2.24, 2.45) is 5.92 Å².